The van der Waals surface area contributed by atoms with Crippen LogP contribution in [0.3, 0.4) is 0 Å². The van der Waals surface area contributed by atoms with Gasteiger partial charge in [0.15, 0.2) is 0 Å². The number of benzene rings is 1. The molecule has 0 fully saturated rings. The Balaban J connectivity index is 2.63. The molecule has 1 N–H and O–H groups in total. The van der Waals surface area contributed by atoms with E-state index in [0.29, 0.717) is 11.3 Å². The van der Waals surface area contributed by atoms with E-state index in [0.717, 1.165) is 10.9 Å². The normalized spacial score (nSPS) is 10.3. The van der Waals surface area contributed by atoms with Crippen molar-refractivity contribution in [3.05, 3.63) is 23.9 Å². The van der Waals surface area contributed by atoms with Crippen LogP contribution in [0.5, 0.6) is 5.75 Å². The van der Waals surface area contributed by atoms with Gasteiger partial charge in [0.1, 0.15) is 11.3 Å². The fourth-order valence-corrected chi connectivity index (χ4v) is 1.42. The van der Waals surface area contributed by atoms with Crippen molar-refractivity contribution in [2.45, 2.75) is 0 Å². The van der Waals surface area contributed by atoms with Gasteiger partial charge >= 0.3 is 5.97 Å². The van der Waals surface area contributed by atoms with Crippen LogP contribution >= 0.6 is 0 Å². The van der Waals surface area contributed by atoms with Gasteiger partial charge < -0.3 is 9.47 Å². The Morgan fingerprint density at radius 1 is 1.40 bits per heavy atom. The van der Waals surface area contributed by atoms with E-state index in [-0.39, 0.29) is 0 Å². The van der Waals surface area contributed by atoms with Crippen molar-refractivity contribution in [1.29, 1.82) is 0 Å². The summed E-state index contributed by atoms with van der Waals surface area (Å²) < 4.78 is 9.78. The number of nitrogens with one attached hydrogen (secondary N) is 1. The van der Waals surface area contributed by atoms with Gasteiger partial charge in [-0.05, 0) is 12.1 Å². The van der Waals surface area contributed by atoms with Crippen LogP contribution in [0.25, 0.3) is 10.9 Å². The van der Waals surface area contributed by atoms with Gasteiger partial charge in [0, 0.05) is 5.39 Å². The number of esters is 1. The molecule has 1 heterocycles. The summed E-state index contributed by atoms with van der Waals surface area (Å²) in [5, 5.41) is 7.49. The lowest BCUT2D eigenvalue weighted by Crippen LogP contribution is -2.01. The lowest BCUT2D eigenvalue weighted by Gasteiger charge is -2.04. The van der Waals surface area contributed by atoms with Crippen molar-refractivity contribution in [1.82, 2.24) is 10.2 Å². The number of carbonyl (C=O) groups is 1. The lowest BCUT2D eigenvalue weighted by atomic mass is 10.1. The predicted molar refractivity (Wildman–Crippen MR) is 54.0 cm³/mol. The zero-order valence-corrected chi connectivity index (χ0v) is 8.40. The second-order valence-electron chi connectivity index (χ2n) is 3.00. The molecule has 0 spiro atoms. The van der Waals surface area contributed by atoms with E-state index < -0.39 is 5.97 Å². The average molecular weight is 206 g/mol. The highest BCUT2D eigenvalue weighted by atomic mass is 16.5. The quantitative estimate of drug-likeness (QED) is 0.753. The highest BCUT2D eigenvalue weighted by Gasteiger charge is 2.11. The molecule has 0 aliphatic heterocycles. The number of carbonyl (C=O) groups excluding carboxylic acids is 1. The van der Waals surface area contributed by atoms with E-state index in [9.17, 15) is 4.79 Å². The summed E-state index contributed by atoms with van der Waals surface area (Å²) in [6.45, 7) is 0. The van der Waals surface area contributed by atoms with Crippen molar-refractivity contribution in [3.63, 3.8) is 0 Å². The number of aromatic amines is 1. The van der Waals surface area contributed by atoms with Gasteiger partial charge in [-0.1, -0.05) is 0 Å². The number of H-pyrrole nitrogens is 1. The molecule has 0 saturated carbocycles. The molecule has 0 amide bonds. The van der Waals surface area contributed by atoms with Crippen LogP contribution in [0.1, 0.15) is 10.4 Å². The van der Waals surface area contributed by atoms with Crippen LogP contribution in [-0.4, -0.2) is 30.4 Å². The first-order valence-electron chi connectivity index (χ1n) is 4.35. The van der Waals surface area contributed by atoms with Gasteiger partial charge in [-0.15, -0.1) is 0 Å². The number of methoxy groups -OCH3 is 2. The SMILES string of the molecule is COC(=O)c1cc(OC)c2[nH]ncc2c1. The average Bonchev–Trinajstić information content (AvgIpc) is 2.74. The molecule has 0 aliphatic carbocycles. The topological polar surface area (TPSA) is 64.2 Å². The Kier molecular flexibility index (Phi) is 2.29. The molecule has 1 aromatic carbocycles. The van der Waals surface area contributed by atoms with Crippen molar-refractivity contribution in [2.24, 2.45) is 0 Å². The van der Waals surface area contributed by atoms with Gasteiger partial charge in [-0.2, -0.15) is 5.10 Å². The number of nitrogens with zero attached hydrogens (tertiary/aromatic N) is 1. The summed E-state index contributed by atoms with van der Waals surface area (Å²) in [5.74, 6) is 0.182. The summed E-state index contributed by atoms with van der Waals surface area (Å²) >= 11 is 0. The number of hydrogen-bond acceptors (Lipinski definition) is 4. The Hall–Kier alpha value is -2.04. The molecule has 0 bridgehead atoms. The third-order valence-corrected chi connectivity index (χ3v) is 2.15. The molecule has 5 nitrogen and oxygen atoms in total. The first-order chi connectivity index (χ1) is 7.26. The van der Waals surface area contributed by atoms with E-state index in [1.165, 1.54) is 14.2 Å². The van der Waals surface area contributed by atoms with Crippen LogP contribution in [0.15, 0.2) is 18.3 Å². The monoisotopic (exact) mass is 206 g/mol. The van der Waals surface area contributed by atoms with Crippen LogP contribution < -0.4 is 4.74 Å². The van der Waals surface area contributed by atoms with Crippen molar-refractivity contribution in [3.8, 4) is 5.75 Å². The minimum Gasteiger partial charge on any atom is -0.494 e. The zero-order valence-electron chi connectivity index (χ0n) is 8.40. The minimum atomic E-state index is -0.392. The van der Waals surface area contributed by atoms with Gasteiger partial charge in [-0.3, -0.25) is 5.10 Å². The molecule has 2 aromatic rings. The molecular formula is C10H10N2O3. The van der Waals surface area contributed by atoms with E-state index in [1.54, 1.807) is 18.3 Å². The second-order valence-corrected chi connectivity index (χ2v) is 3.00. The summed E-state index contributed by atoms with van der Waals surface area (Å²) in [7, 11) is 2.88. The molecule has 0 radical (unpaired) electrons. The summed E-state index contributed by atoms with van der Waals surface area (Å²) in [6.07, 6.45) is 1.63. The highest BCUT2D eigenvalue weighted by Crippen LogP contribution is 2.25. The standard InChI is InChI=1S/C10H10N2O3/c1-14-8-4-6(10(13)15-2)3-7-5-11-12-9(7)8/h3-5H,1-2H3,(H,11,12). The number of fused-ring (bicyclic) bond motifs is 1. The van der Waals surface area contributed by atoms with Gasteiger partial charge in [0.05, 0.1) is 26.0 Å². The van der Waals surface area contributed by atoms with Crippen molar-refractivity contribution in [2.75, 3.05) is 14.2 Å². The van der Waals surface area contributed by atoms with Gasteiger partial charge in [-0.25, -0.2) is 4.79 Å². The minimum absolute atomic E-state index is 0.392. The van der Waals surface area contributed by atoms with Crippen LogP contribution in [0.2, 0.25) is 0 Å². The first kappa shape index (κ1) is 9.51. The Morgan fingerprint density at radius 2 is 2.20 bits per heavy atom. The Labute approximate surface area is 86.0 Å². The number of aromatic nitrogens is 2. The fraction of sp³-hybridized carbons (Fsp3) is 0.200. The van der Waals surface area contributed by atoms with E-state index in [2.05, 4.69) is 14.9 Å². The lowest BCUT2D eigenvalue weighted by molar-refractivity contribution is 0.0600. The summed E-state index contributed by atoms with van der Waals surface area (Å²) in [6, 6.07) is 3.32. The van der Waals surface area contributed by atoms with Gasteiger partial charge in [0.2, 0.25) is 0 Å². The van der Waals surface area contributed by atoms with E-state index in [4.69, 9.17) is 4.74 Å². The number of hydrogen-bond donors (Lipinski definition) is 1. The smallest absolute Gasteiger partial charge is 0.338 e. The zero-order chi connectivity index (χ0) is 10.8. The number of rotatable bonds is 2. The summed E-state index contributed by atoms with van der Waals surface area (Å²) in [5.41, 5.74) is 1.22. The number of ether oxygens (including phenoxy) is 2. The van der Waals surface area contributed by atoms with Crippen LogP contribution in [0.4, 0.5) is 0 Å². The Morgan fingerprint density at radius 3 is 2.87 bits per heavy atom. The largest absolute Gasteiger partial charge is 0.494 e. The summed E-state index contributed by atoms with van der Waals surface area (Å²) in [4.78, 5) is 11.3. The van der Waals surface area contributed by atoms with Crippen molar-refractivity contribution < 1.29 is 14.3 Å². The third kappa shape index (κ3) is 1.52. The highest BCUT2D eigenvalue weighted by molar-refractivity contribution is 5.96. The first-order valence-corrected chi connectivity index (χ1v) is 4.35. The maximum absolute atomic E-state index is 11.3. The molecule has 0 unspecified atom stereocenters. The van der Waals surface area contributed by atoms with E-state index in [1.807, 2.05) is 0 Å². The molecule has 0 atom stereocenters. The van der Waals surface area contributed by atoms with E-state index >= 15 is 0 Å². The van der Waals surface area contributed by atoms with Gasteiger partial charge in [0.25, 0.3) is 0 Å². The Bertz CT molecular complexity index is 504. The van der Waals surface area contributed by atoms with Crippen molar-refractivity contribution >= 4 is 16.9 Å². The maximum atomic E-state index is 11.3. The van der Waals surface area contributed by atoms with Crippen LogP contribution in [0, 0.1) is 0 Å². The molecular weight excluding hydrogens is 196 g/mol. The molecule has 2 rings (SSSR count). The fourth-order valence-electron chi connectivity index (χ4n) is 1.42. The molecule has 0 saturated heterocycles. The second kappa shape index (κ2) is 3.61. The molecule has 0 aliphatic rings. The molecule has 1 aromatic heterocycles. The van der Waals surface area contributed by atoms with Crippen LogP contribution in [-0.2, 0) is 4.74 Å². The maximum Gasteiger partial charge on any atom is 0.338 e. The molecule has 78 valence electrons. The third-order valence-electron chi connectivity index (χ3n) is 2.15. The predicted octanol–water partition coefficient (Wildman–Crippen LogP) is 1.36. The molecule has 15 heavy (non-hydrogen) atoms. The molecule has 5 heteroatoms.